The van der Waals surface area contributed by atoms with Gasteiger partial charge in [-0.25, -0.2) is 4.79 Å². The van der Waals surface area contributed by atoms with E-state index in [2.05, 4.69) is 11.9 Å². The van der Waals surface area contributed by atoms with Crippen molar-refractivity contribution >= 4 is 16.9 Å². The van der Waals surface area contributed by atoms with Crippen LogP contribution in [0.15, 0.2) is 81.2 Å². The molecule has 38 heavy (non-hydrogen) atoms. The molecule has 2 N–H and O–H groups in total. The highest BCUT2D eigenvalue weighted by atomic mass is 19.4. The maximum atomic E-state index is 13.8. The number of allylic oxidation sites excluding steroid dienone is 3. The van der Waals surface area contributed by atoms with Crippen LogP contribution in [0.3, 0.4) is 0 Å². The predicted octanol–water partition coefficient (Wildman–Crippen LogP) is 6.80. The molecule has 0 amide bonds. The Kier molecular flexibility index (Phi) is 7.96. The van der Waals surface area contributed by atoms with Crippen LogP contribution in [0.5, 0.6) is 0 Å². The lowest BCUT2D eigenvalue weighted by molar-refractivity contribution is -0.137. The first-order chi connectivity index (χ1) is 17.7. The summed E-state index contributed by atoms with van der Waals surface area (Å²) < 4.78 is 47.6. The highest BCUT2D eigenvalue weighted by molar-refractivity contribution is 5.91. The number of hydrogen-bond donors (Lipinski definition) is 2. The number of carbonyl (C=O) groups is 1. The molecule has 1 heterocycles. The molecule has 0 radical (unpaired) electrons. The SMILES string of the molecule is C=C(C(=O)O)/C(=C\C=C(C)C)NC(C)c1cc(C(F)(F)F)cc2c(=O)c(C)c(-c3cccc(C#N)c3)oc12. The van der Waals surface area contributed by atoms with Crippen molar-refractivity contribution in [2.45, 2.75) is 39.9 Å². The second-order valence-corrected chi connectivity index (χ2v) is 8.99. The molecule has 0 saturated heterocycles. The molecule has 0 spiro atoms. The summed E-state index contributed by atoms with van der Waals surface area (Å²) in [5, 5.41) is 21.4. The molecule has 1 unspecified atom stereocenters. The van der Waals surface area contributed by atoms with Gasteiger partial charge in [0.05, 0.1) is 34.2 Å². The van der Waals surface area contributed by atoms with Crippen molar-refractivity contribution in [2.75, 3.05) is 0 Å². The topological polar surface area (TPSA) is 103 Å². The van der Waals surface area contributed by atoms with Gasteiger partial charge in [-0.15, -0.1) is 0 Å². The number of fused-ring (bicyclic) bond motifs is 1. The number of hydrogen-bond acceptors (Lipinski definition) is 5. The van der Waals surface area contributed by atoms with Crippen LogP contribution in [0.4, 0.5) is 13.2 Å². The third kappa shape index (κ3) is 5.86. The number of nitrogens with zero attached hydrogens (tertiary/aromatic N) is 1. The molecule has 1 aromatic heterocycles. The minimum atomic E-state index is -4.76. The highest BCUT2D eigenvalue weighted by Gasteiger charge is 2.33. The van der Waals surface area contributed by atoms with E-state index in [-0.39, 0.29) is 39.1 Å². The van der Waals surface area contributed by atoms with Crippen molar-refractivity contribution in [2.24, 2.45) is 0 Å². The Balaban J connectivity index is 2.32. The number of rotatable bonds is 7. The number of halogens is 3. The summed E-state index contributed by atoms with van der Waals surface area (Å²) in [6, 6.07) is 9.00. The second kappa shape index (κ2) is 10.8. The van der Waals surface area contributed by atoms with Gasteiger partial charge in [0.15, 0.2) is 5.43 Å². The lowest BCUT2D eigenvalue weighted by atomic mass is 9.97. The summed E-state index contributed by atoms with van der Waals surface area (Å²) in [4.78, 5) is 24.9. The van der Waals surface area contributed by atoms with E-state index in [9.17, 15) is 33.1 Å². The van der Waals surface area contributed by atoms with Gasteiger partial charge in [-0.1, -0.05) is 30.4 Å². The Labute approximate surface area is 217 Å². The maximum Gasteiger partial charge on any atom is 0.416 e. The van der Waals surface area contributed by atoms with E-state index in [0.29, 0.717) is 11.1 Å². The van der Waals surface area contributed by atoms with E-state index in [1.165, 1.54) is 26.0 Å². The number of benzene rings is 2. The number of nitrogens with one attached hydrogen (secondary N) is 1. The van der Waals surface area contributed by atoms with E-state index < -0.39 is 29.2 Å². The predicted molar refractivity (Wildman–Crippen MR) is 138 cm³/mol. The van der Waals surface area contributed by atoms with E-state index >= 15 is 0 Å². The quantitative estimate of drug-likeness (QED) is 0.261. The summed E-state index contributed by atoms with van der Waals surface area (Å²) in [6.45, 7) is 10.1. The summed E-state index contributed by atoms with van der Waals surface area (Å²) in [5.74, 6) is -1.20. The Hall–Kier alpha value is -4.58. The van der Waals surface area contributed by atoms with Crippen LogP contribution >= 0.6 is 0 Å². The second-order valence-electron chi connectivity index (χ2n) is 8.99. The largest absolute Gasteiger partial charge is 0.478 e. The highest BCUT2D eigenvalue weighted by Crippen LogP contribution is 2.37. The first-order valence-electron chi connectivity index (χ1n) is 11.5. The van der Waals surface area contributed by atoms with Gasteiger partial charge < -0.3 is 14.8 Å². The zero-order valence-corrected chi connectivity index (χ0v) is 21.2. The van der Waals surface area contributed by atoms with E-state index in [0.717, 1.165) is 17.7 Å². The van der Waals surface area contributed by atoms with E-state index in [1.54, 1.807) is 38.1 Å². The fraction of sp³-hybridized carbons (Fsp3) is 0.207. The van der Waals surface area contributed by atoms with Crippen molar-refractivity contribution in [1.29, 1.82) is 5.26 Å². The summed E-state index contributed by atoms with van der Waals surface area (Å²) in [6.07, 6.45) is -1.65. The van der Waals surface area contributed by atoms with Crippen molar-refractivity contribution < 1.29 is 27.5 Å². The Morgan fingerprint density at radius 3 is 2.47 bits per heavy atom. The minimum absolute atomic E-state index is 0.00842. The van der Waals surface area contributed by atoms with Gasteiger partial charge in [0.25, 0.3) is 0 Å². The zero-order valence-electron chi connectivity index (χ0n) is 21.2. The molecular weight excluding hydrogens is 497 g/mol. The lowest BCUT2D eigenvalue weighted by Gasteiger charge is -2.21. The fourth-order valence-electron chi connectivity index (χ4n) is 3.82. The third-order valence-electron chi connectivity index (χ3n) is 5.83. The van der Waals surface area contributed by atoms with Crippen molar-refractivity contribution in [3.63, 3.8) is 0 Å². The van der Waals surface area contributed by atoms with E-state index in [4.69, 9.17) is 4.42 Å². The standard InChI is InChI=1S/C29H25F3N2O4/c1-15(2)9-10-24(16(3)28(36)37)34-18(5)22-12-21(29(30,31)32)13-23-25(35)17(4)26(38-27(22)23)20-8-6-7-19(11-20)14-33/h6-13,18,34H,3H2,1-2,4-5H3,(H,36,37)/b24-10+. The average Bonchev–Trinajstić information content (AvgIpc) is 2.86. The molecular formula is C29H25F3N2O4. The minimum Gasteiger partial charge on any atom is -0.478 e. The van der Waals surface area contributed by atoms with Crippen LogP contribution < -0.4 is 10.7 Å². The number of carboxylic acid groups (broad SMARTS) is 1. The van der Waals surface area contributed by atoms with Crippen LogP contribution in [0.2, 0.25) is 0 Å². The van der Waals surface area contributed by atoms with Crippen LogP contribution in [0.25, 0.3) is 22.3 Å². The Morgan fingerprint density at radius 1 is 1.21 bits per heavy atom. The van der Waals surface area contributed by atoms with Gasteiger partial charge in [0, 0.05) is 22.4 Å². The molecule has 1 atom stereocenters. The van der Waals surface area contributed by atoms with Crippen LogP contribution in [-0.2, 0) is 11.0 Å². The van der Waals surface area contributed by atoms with Gasteiger partial charge in [0.2, 0.25) is 0 Å². The van der Waals surface area contributed by atoms with Crippen molar-refractivity contribution in [1.82, 2.24) is 5.32 Å². The zero-order chi connectivity index (χ0) is 28.4. The van der Waals surface area contributed by atoms with Gasteiger partial charge in [-0.3, -0.25) is 4.79 Å². The van der Waals surface area contributed by atoms with Crippen LogP contribution in [0, 0.1) is 18.3 Å². The van der Waals surface area contributed by atoms with Gasteiger partial charge in [-0.2, -0.15) is 18.4 Å². The number of carboxylic acids is 1. The molecule has 2 aromatic carbocycles. The van der Waals surface area contributed by atoms with E-state index in [1.807, 2.05) is 6.07 Å². The Morgan fingerprint density at radius 2 is 1.89 bits per heavy atom. The molecule has 0 aliphatic heterocycles. The molecule has 6 nitrogen and oxygen atoms in total. The molecule has 0 fully saturated rings. The summed E-state index contributed by atoms with van der Waals surface area (Å²) >= 11 is 0. The van der Waals surface area contributed by atoms with Crippen LogP contribution in [0.1, 0.15) is 49.1 Å². The Bertz CT molecular complexity index is 1600. The molecule has 196 valence electrons. The average molecular weight is 523 g/mol. The monoisotopic (exact) mass is 522 g/mol. The molecule has 3 rings (SSSR count). The number of nitriles is 1. The van der Waals surface area contributed by atoms with Crippen molar-refractivity contribution in [3.8, 4) is 17.4 Å². The molecule has 0 saturated carbocycles. The summed E-state index contributed by atoms with van der Waals surface area (Å²) in [5.41, 5.74) is -0.356. The lowest BCUT2D eigenvalue weighted by Crippen LogP contribution is -2.23. The molecule has 0 bridgehead atoms. The first-order valence-corrected chi connectivity index (χ1v) is 11.5. The molecule has 0 aliphatic rings. The molecule has 0 aliphatic carbocycles. The van der Waals surface area contributed by atoms with Gasteiger partial charge in [0.1, 0.15) is 11.3 Å². The number of alkyl halides is 3. The van der Waals surface area contributed by atoms with Gasteiger partial charge >= 0.3 is 12.1 Å². The van der Waals surface area contributed by atoms with Crippen LogP contribution in [-0.4, -0.2) is 11.1 Å². The third-order valence-corrected chi connectivity index (χ3v) is 5.83. The smallest absolute Gasteiger partial charge is 0.416 e. The molecule has 9 heteroatoms. The van der Waals surface area contributed by atoms with Gasteiger partial charge in [-0.05, 0) is 58.0 Å². The normalized spacial score (nSPS) is 12.5. The first kappa shape index (κ1) is 28.0. The maximum absolute atomic E-state index is 13.8. The molecule has 3 aromatic rings. The van der Waals surface area contributed by atoms with Crippen molar-refractivity contribution in [3.05, 3.63) is 104 Å². The summed E-state index contributed by atoms with van der Waals surface area (Å²) in [7, 11) is 0. The fourth-order valence-corrected chi connectivity index (χ4v) is 3.82. The number of aliphatic carboxylic acids is 1.